The van der Waals surface area contributed by atoms with Crippen LogP contribution in [0.15, 0.2) is 30.3 Å². The molecule has 1 aromatic carbocycles. The van der Waals surface area contributed by atoms with Gasteiger partial charge in [-0.1, -0.05) is 37.3 Å². The zero-order valence-electron chi connectivity index (χ0n) is 12.8. The van der Waals surface area contributed by atoms with Crippen molar-refractivity contribution in [2.75, 3.05) is 19.7 Å². The molecule has 2 rings (SSSR count). The highest BCUT2D eigenvalue weighted by Gasteiger charge is 2.24. The lowest BCUT2D eigenvalue weighted by atomic mass is 10.0. The summed E-state index contributed by atoms with van der Waals surface area (Å²) in [5, 5.41) is 0. The van der Waals surface area contributed by atoms with Crippen LogP contribution in [0.1, 0.15) is 44.7 Å². The lowest BCUT2D eigenvalue weighted by Crippen LogP contribution is -2.48. The van der Waals surface area contributed by atoms with Gasteiger partial charge in [-0.2, -0.15) is 0 Å². The first-order valence-corrected chi connectivity index (χ1v) is 7.87. The Bertz CT molecular complexity index is 382. The van der Waals surface area contributed by atoms with Gasteiger partial charge in [-0.3, -0.25) is 4.90 Å². The number of nitrogens with two attached hydrogens (primary N) is 1. The molecule has 3 unspecified atom stereocenters. The van der Waals surface area contributed by atoms with Gasteiger partial charge >= 0.3 is 0 Å². The molecule has 0 amide bonds. The van der Waals surface area contributed by atoms with E-state index in [-0.39, 0.29) is 6.04 Å². The molecule has 0 radical (unpaired) electrons. The molecule has 0 bridgehead atoms. The summed E-state index contributed by atoms with van der Waals surface area (Å²) in [4.78, 5) is 2.58. The molecule has 1 aliphatic heterocycles. The summed E-state index contributed by atoms with van der Waals surface area (Å²) in [6, 6.07) is 11.1. The van der Waals surface area contributed by atoms with Crippen LogP contribution in [-0.2, 0) is 4.74 Å². The topological polar surface area (TPSA) is 38.5 Å². The number of morpholine rings is 1. The fourth-order valence-electron chi connectivity index (χ4n) is 2.94. The van der Waals surface area contributed by atoms with Crippen molar-refractivity contribution >= 4 is 0 Å². The third-order valence-electron chi connectivity index (χ3n) is 4.24. The number of nitrogens with zero attached hydrogens (tertiary/aromatic N) is 1. The highest BCUT2D eigenvalue weighted by Crippen LogP contribution is 2.18. The van der Waals surface area contributed by atoms with Crippen LogP contribution >= 0.6 is 0 Å². The Hall–Kier alpha value is -0.900. The maximum Gasteiger partial charge on any atom is 0.0674 e. The van der Waals surface area contributed by atoms with Crippen LogP contribution in [0.2, 0.25) is 0 Å². The first-order valence-electron chi connectivity index (χ1n) is 7.87. The Morgan fingerprint density at radius 2 is 2.10 bits per heavy atom. The van der Waals surface area contributed by atoms with Gasteiger partial charge in [0.15, 0.2) is 0 Å². The van der Waals surface area contributed by atoms with E-state index in [1.165, 1.54) is 5.56 Å². The first-order chi connectivity index (χ1) is 9.70. The van der Waals surface area contributed by atoms with Crippen molar-refractivity contribution in [2.24, 2.45) is 5.73 Å². The molecule has 2 N–H and O–H groups in total. The van der Waals surface area contributed by atoms with E-state index in [9.17, 15) is 0 Å². The molecule has 1 fully saturated rings. The molecule has 112 valence electrons. The third kappa shape index (κ3) is 4.30. The van der Waals surface area contributed by atoms with Gasteiger partial charge in [0.1, 0.15) is 0 Å². The van der Waals surface area contributed by atoms with Crippen LogP contribution in [0, 0.1) is 0 Å². The molecule has 1 aliphatic rings. The zero-order chi connectivity index (χ0) is 14.4. The Kier molecular flexibility index (Phi) is 6.02. The van der Waals surface area contributed by atoms with Gasteiger partial charge in [0.05, 0.1) is 12.7 Å². The highest BCUT2D eigenvalue weighted by molar-refractivity contribution is 5.18. The average molecular weight is 276 g/mol. The quantitative estimate of drug-likeness (QED) is 0.868. The van der Waals surface area contributed by atoms with Gasteiger partial charge in [-0.15, -0.1) is 0 Å². The van der Waals surface area contributed by atoms with Crippen LogP contribution in [0.5, 0.6) is 0 Å². The van der Waals surface area contributed by atoms with Crippen LogP contribution < -0.4 is 5.73 Å². The van der Waals surface area contributed by atoms with Gasteiger partial charge in [-0.05, 0) is 38.3 Å². The Labute approximate surface area is 123 Å². The van der Waals surface area contributed by atoms with Gasteiger partial charge < -0.3 is 10.5 Å². The first kappa shape index (κ1) is 15.5. The van der Waals surface area contributed by atoms with Crippen LogP contribution in [0.4, 0.5) is 0 Å². The molecule has 3 heteroatoms. The molecule has 1 aromatic rings. The smallest absolute Gasteiger partial charge is 0.0674 e. The summed E-state index contributed by atoms with van der Waals surface area (Å²) < 4.78 is 5.74. The van der Waals surface area contributed by atoms with E-state index >= 15 is 0 Å². The summed E-state index contributed by atoms with van der Waals surface area (Å²) in [6.07, 6.45) is 3.73. The Morgan fingerprint density at radius 1 is 1.35 bits per heavy atom. The second-order valence-corrected chi connectivity index (χ2v) is 5.86. The van der Waals surface area contributed by atoms with Crippen LogP contribution in [0.25, 0.3) is 0 Å². The summed E-state index contributed by atoms with van der Waals surface area (Å²) in [6.45, 7) is 7.47. The van der Waals surface area contributed by atoms with E-state index in [1.807, 2.05) is 6.07 Å². The standard InChI is InChI=1S/C17H28N2O/c1-3-16-13-20-14(2)12-19(16)11-7-10-17(18)15-8-5-4-6-9-15/h4-6,8-9,14,16-17H,3,7,10-13,18H2,1-2H3. The van der Waals surface area contributed by atoms with Crippen LogP contribution in [0.3, 0.4) is 0 Å². The summed E-state index contributed by atoms with van der Waals surface area (Å²) in [7, 11) is 0. The normalized spacial score (nSPS) is 25.6. The number of ether oxygens (including phenoxy) is 1. The molecular formula is C17H28N2O. The van der Waals surface area contributed by atoms with Crippen molar-refractivity contribution in [3.8, 4) is 0 Å². The zero-order valence-corrected chi connectivity index (χ0v) is 12.8. The molecular weight excluding hydrogens is 248 g/mol. The fraction of sp³-hybridized carbons (Fsp3) is 0.647. The molecule has 0 aliphatic carbocycles. The number of rotatable bonds is 6. The minimum Gasteiger partial charge on any atom is -0.376 e. The molecule has 20 heavy (non-hydrogen) atoms. The van der Waals surface area contributed by atoms with E-state index < -0.39 is 0 Å². The highest BCUT2D eigenvalue weighted by atomic mass is 16.5. The summed E-state index contributed by atoms with van der Waals surface area (Å²) in [5.74, 6) is 0. The van der Waals surface area contributed by atoms with E-state index in [0.29, 0.717) is 12.1 Å². The minimum atomic E-state index is 0.162. The maximum absolute atomic E-state index is 6.26. The predicted octanol–water partition coefficient (Wildman–Crippen LogP) is 2.97. The van der Waals surface area contributed by atoms with Gasteiger partial charge in [0.25, 0.3) is 0 Å². The van der Waals surface area contributed by atoms with Crippen LogP contribution in [-0.4, -0.2) is 36.7 Å². The number of hydrogen-bond acceptors (Lipinski definition) is 3. The van der Waals surface area contributed by atoms with Gasteiger partial charge in [-0.25, -0.2) is 0 Å². The molecule has 1 heterocycles. The predicted molar refractivity (Wildman–Crippen MR) is 83.7 cm³/mol. The second-order valence-electron chi connectivity index (χ2n) is 5.86. The van der Waals surface area contributed by atoms with Crippen molar-refractivity contribution in [3.63, 3.8) is 0 Å². The van der Waals surface area contributed by atoms with E-state index in [4.69, 9.17) is 10.5 Å². The molecule has 3 atom stereocenters. The Morgan fingerprint density at radius 3 is 2.80 bits per heavy atom. The molecule has 3 nitrogen and oxygen atoms in total. The number of hydrogen-bond donors (Lipinski definition) is 1. The minimum absolute atomic E-state index is 0.162. The molecule has 0 saturated carbocycles. The van der Waals surface area contributed by atoms with Gasteiger partial charge in [0.2, 0.25) is 0 Å². The summed E-state index contributed by atoms with van der Waals surface area (Å²) in [5.41, 5.74) is 7.51. The van der Waals surface area contributed by atoms with E-state index in [1.54, 1.807) is 0 Å². The lowest BCUT2D eigenvalue weighted by molar-refractivity contribution is -0.0561. The van der Waals surface area contributed by atoms with E-state index in [2.05, 4.69) is 43.0 Å². The largest absolute Gasteiger partial charge is 0.376 e. The SMILES string of the molecule is CCC1COC(C)CN1CCCC(N)c1ccccc1. The Balaban J connectivity index is 1.77. The number of benzene rings is 1. The molecule has 0 aromatic heterocycles. The second kappa shape index (κ2) is 7.77. The molecule has 0 spiro atoms. The third-order valence-corrected chi connectivity index (χ3v) is 4.24. The monoisotopic (exact) mass is 276 g/mol. The van der Waals surface area contributed by atoms with Crippen molar-refractivity contribution < 1.29 is 4.74 Å². The lowest BCUT2D eigenvalue weighted by Gasteiger charge is -2.38. The van der Waals surface area contributed by atoms with Crippen molar-refractivity contribution in [2.45, 2.75) is 51.3 Å². The van der Waals surface area contributed by atoms with Crippen molar-refractivity contribution in [1.82, 2.24) is 4.90 Å². The molecule has 1 saturated heterocycles. The van der Waals surface area contributed by atoms with Crippen molar-refractivity contribution in [3.05, 3.63) is 35.9 Å². The average Bonchev–Trinajstić information content (AvgIpc) is 2.48. The van der Waals surface area contributed by atoms with Crippen molar-refractivity contribution in [1.29, 1.82) is 0 Å². The maximum atomic E-state index is 6.26. The van der Waals surface area contributed by atoms with Gasteiger partial charge in [0, 0.05) is 18.6 Å². The van der Waals surface area contributed by atoms with E-state index in [0.717, 1.165) is 39.0 Å². The summed E-state index contributed by atoms with van der Waals surface area (Å²) >= 11 is 0. The fourth-order valence-corrected chi connectivity index (χ4v) is 2.94.